The fourth-order valence-electron chi connectivity index (χ4n) is 3.62. The van der Waals surface area contributed by atoms with Crippen molar-refractivity contribution in [1.29, 1.82) is 0 Å². The van der Waals surface area contributed by atoms with E-state index < -0.39 is 0 Å². The predicted octanol–water partition coefficient (Wildman–Crippen LogP) is 2.11. The zero-order valence-corrected chi connectivity index (χ0v) is 18.3. The number of hydrogen-bond acceptors (Lipinski definition) is 6. The fourth-order valence-corrected chi connectivity index (χ4v) is 3.62. The van der Waals surface area contributed by atoms with Crippen molar-refractivity contribution in [2.75, 3.05) is 20.7 Å². The molecule has 0 saturated carbocycles. The third-order valence-corrected chi connectivity index (χ3v) is 5.26. The van der Waals surface area contributed by atoms with Crippen LogP contribution in [0.15, 0.2) is 39.9 Å². The topological polar surface area (TPSA) is 102 Å². The van der Waals surface area contributed by atoms with Crippen molar-refractivity contribution in [3.8, 4) is 11.5 Å². The Labute approximate surface area is 182 Å². The van der Waals surface area contributed by atoms with Crippen LogP contribution in [-0.2, 0) is 30.7 Å². The number of aryl methyl sites for hydroxylation is 2. The number of guanidine groups is 1. The molecule has 9 nitrogen and oxygen atoms in total. The smallest absolute Gasteiger partial charge is 0.226 e. The molecular formula is C22H29N7O2. The van der Waals surface area contributed by atoms with Crippen molar-refractivity contribution in [2.45, 2.75) is 45.4 Å². The molecule has 1 aromatic carbocycles. The lowest BCUT2D eigenvalue weighted by molar-refractivity contribution is 0.177. The van der Waals surface area contributed by atoms with Crippen LogP contribution in [0.4, 0.5) is 0 Å². The van der Waals surface area contributed by atoms with Crippen LogP contribution in [0, 0.1) is 6.92 Å². The van der Waals surface area contributed by atoms with E-state index in [0.717, 1.165) is 54.7 Å². The van der Waals surface area contributed by atoms with Gasteiger partial charge in [-0.05, 0) is 25.5 Å². The molecule has 0 bridgehead atoms. The number of benzene rings is 1. The third kappa shape index (κ3) is 5.29. The van der Waals surface area contributed by atoms with Gasteiger partial charge in [-0.1, -0.05) is 17.7 Å². The zero-order valence-electron chi connectivity index (χ0n) is 18.3. The van der Waals surface area contributed by atoms with Gasteiger partial charge in [-0.15, -0.1) is 0 Å². The molecule has 31 heavy (non-hydrogen) atoms. The Kier molecular flexibility index (Phi) is 6.61. The second-order valence-electron chi connectivity index (χ2n) is 7.70. The summed E-state index contributed by atoms with van der Waals surface area (Å²) in [7, 11) is 3.43. The maximum atomic E-state index is 5.64. The van der Waals surface area contributed by atoms with Crippen molar-refractivity contribution in [3.63, 3.8) is 0 Å². The highest BCUT2D eigenvalue weighted by Gasteiger charge is 2.22. The summed E-state index contributed by atoms with van der Waals surface area (Å²) in [5.74, 6) is 3.17. The summed E-state index contributed by atoms with van der Waals surface area (Å²) in [6.07, 6.45) is 4.33. The lowest BCUT2D eigenvalue weighted by Gasteiger charge is -2.25. The number of aliphatic imine (C=N–C) groups is 1. The van der Waals surface area contributed by atoms with Crippen LogP contribution in [-0.4, -0.2) is 52.5 Å². The minimum Gasteiger partial charge on any atom is -0.444 e. The van der Waals surface area contributed by atoms with E-state index in [1.54, 1.807) is 20.4 Å². The molecule has 0 spiro atoms. The van der Waals surface area contributed by atoms with Crippen LogP contribution < -0.4 is 10.6 Å². The molecule has 1 aliphatic rings. The number of rotatable bonds is 7. The summed E-state index contributed by atoms with van der Waals surface area (Å²) >= 11 is 0. The first kappa shape index (κ1) is 21.0. The number of nitrogens with one attached hydrogen (secondary N) is 2. The summed E-state index contributed by atoms with van der Waals surface area (Å²) in [4.78, 5) is 13.5. The number of methoxy groups -OCH3 is 1. The Morgan fingerprint density at radius 3 is 2.90 bits per heavy atom. The quantitative estimate of drug-likeness (QED) is 0.443. The average molecular weight is 424 g/mol. The molecule has 1 aliphatic heterocycles. The van der Waals surface area contributed by atoms with Crippen LogP contribution in [0.2, 0.25) is 0 Å². The number of oxazole rings is 1. The molecule has 1 atom stereocenters. The number of hydrogen-bond donors (Lipinski definition) is 2. The fraction of sp³-hybridized carbons (Fsp3) is 0.455. The summed E-state index contributed by atoms with van der Waals surface area (Å²) in [6, 6.07) is 8.41. The highest BCUT2D eigenvalue weighted by atomic mass is 16.5. The molecule has 0 fully saturated rings. The highest BCUT2D eigenvalue weighted by Crippen LogP contribution is 2.19. The summed E-state index contributed by atoms with van der Waals surface area (Å²) in [6.45, 7) is 3.97. The second kappa shape index (κ2) is 9.74. The van der Waals surface area contributed by atoms with Crippen LogP contribution in [0.3, 0.4) is 0 Å². The minimum absolute atomic E-state index is 0.246. The molecule has 4 rings (SSSR count). The Morgan fingerprint density at radius 1 is 1.29 bits per heavy atom. The van der Waals surface area contributed by atoms with Gasteiger partial charge in [0.05, 0.1) is 12.2 Å². The van der Waals surface area contributed by atoms with Crippen LogP contribution in [0.25, 0.3) is 11.5 Å². The standard InChI is InChI=1S/C22H29N7O2/c1-15-4-6-16(7-5-15)21-25-18(13-31-21)10-11-24-22(23-2)26-17-8-9-20-27-19(14-30-3)28-29(20)12-17/h4-7,13,17H,8-12,14H2,1-3H3,(H2,23,24,26). The Balaban J connectivity index is 1.26. The van der Waals surface area contributed by atoms with Gasteiger partial charge < -0.3 is 19.8 Å². The maximum absolute atomic E-state index is 5.64. The van der Waals surface area contributed by atoms with Crippen LogP contribution in [0.1, 0.15) is 29.3 Å². The van der Waals surface area contributed by atoms with Crippen molar-refractivity contribution in [1.82, 2.24) is 30.4 Å². The van der Waals surface area contributed by atoms with Gasteiger partial charge in [0.15, 0.2) is 11.8 Å². The predicted molar refractivity (Wildman–Crippen MR) is 118 cm³/mol. The van der Waals surface area contributed by atoms with Gasteiger partial charge >= 0.3 is 0 Å². The Bertz CT molecular complexity index is 1020. The van der Waals surface area contributed by atoms with E-state index >= 15 is 0 Å². The molecule has 1 unspecified atom stereocenters. The Morgan fingerprint density at radius 2 is 2.13 bits per heavy atom. The summed E-state index contributed by atoms with van der Waals surface area (Å²) in [5, 5.41) is 11.4. The number of nitrogens with zero attached hydrogens (tertiary/aromatic N) is 5. The van der Waals surface area contributed by atoms with E-state index in [-0.39, 0.29) is 6.04 Å². The molecule has 0 aliphatic carbocycles. The minimum atomic E-state index is 0.246. The van der Waals surface area contributed by atoms with Crippen molar-refractivity contribution < 1.29 is 9.15 Å². The molecule has 3 heterocycles. The van der Waals surface area contributed by atoms with E-state index in [1.807, 2.05) is 16.8 Å². The second-order valence-corrected chi connectivity index (χ2v) is 7.70. The van der Waals surface area contributed by atoms with Crippen LogP contribution >= 0.6 is 0 Å². The lowest BCUT2D eigenvalue weighted by Crippen LogP contribution is -2.47. The first-order valence-electron chi connectivity index (χ1n) is 10.5. The van der Waals surface area contributed by atoms with E-state index in [9.17, 15) is 0 Å². The van der Waals surface area contributed by atoms with Crippen LogP contribution in [0.5, 0.6) is 0 Å². The van der Waals surface area contributed by atoms with E-state index in [4.69, 9.17) is 9.15 Å². The van der Waals surface area contributed by atoms with Crippen molar-refractivity contribution in [3.05, 3.63) is 53.4 Å². The average Bonchev–Trinajstić information content (AvgIpc) is 3.40. The number of fused-ring (bicyclic) bond motifs is 1. The lowest BCUT2D eigenvalue weighted by atomic mass is 10.1. The van der Waals surface area contributed by atoms with Gasteiger partial charge in [0, 0.05) is 45.1 Å². The molecule has 164 valence electrons. The number of ether oxygens (including phenoxy) is 1. The maximum Gasteiger partial charge on any atom is 0.226 e. The molecule has 2 N–H and O–H groups in total. The first-order chi connectivity index (χ1) is 15.1. The van der Waals surface area contributed by atoms with Crippen molar-refractivity contribution >= 4 is 5.96 Å². The van der Waals surface area contributed by atoms with Gasteiger partial charge in [-0.2, -0.15) is 5.10 Å². The summed E-state index contributed by atoms with van der Waals surface area (Å²) < 4.78 is 12.7. The Hall–Kier alpha value is -3.20. The SMILES string of the molecule is CN=C(NCCc1coc(-c2ccc(C)cc2)n1)NC1CCc2nc(COC)nn2C1. The normalized spacial score (nSPS) is 16.2. The molecule has 9 heteroatoms. The van der Waals surface area contributed by atoms with E-state index in [2.05, 4.69) is 49.7 Å². The molecule has 3 aromatic rings. The molecular weight excluding hydrogens is 394 g/mol. The molecule has 2 aromatic heterocycles. The summed E-state index contributed by atoms with van der Waals surface area (Å²) in [5.41, 5.74) is 3.11. The largest absolute Gasteiger partial charge is 0.444 e. The first-order valence-corrected chi connectivity index (χ1v) is 10.5. The monoisotopic (exact) mass is 423 g/mol. The van der Waals surface area contributed by atoms with Gasteiger partial charge in [-0.25, -0.2) is 14.6 Å². The molecule has 0 saturated heterocycles. The highest BCUT2D eigenvalue weighted by molar-refractivity contribution is 5.79. The van der Waals surface area contributed by atoms with E-state index in [0.29, 0.717) is 19.0 Å². The third-order valence-electron chi connectivity index (χ3n) is 5.26. The van der Waals surface area contributed by atoms with Gasteiger partial charge in [0.2, 0.25) is 5.89 Å². The number of aromatic nitrogens is 4. The van der Waals surface area contributed by atoms with Gasteiger partial charge in [-0.3, -0.25) is 4.99 Å². The van der Waals surface area contributed by atoms with E-state index in [1.165, 1.54) is 5.56 Å². The zero-order chi connectivity index (χ0) is 21.6. The molecule has 0 amide bonds. The molecule has 0 radical (unpaired) electrons. The van der Waals surface area contributed by atoms with Gasteiger partial charge in [0.25, 0.3) is 0 Å². The van der Waals surface area contributed by atoms with Gasteiger partial charge in [0.1, 0.15) is 18.7 Å². The van der Waals surface area contributed by atoms with Crippen molar-refractivity contribution in [2.24, 2.45) is 4.99 Å².